The zero-order valence-electron chi connectivity index (χ0n) is 11.1. The van der Waals surface area contributed by atoms with Crippen molar-refractivity contribution in [2.24, 2.45) is 7.05 Å². The third-order valence-electron chi connectivity index (χ3n) is 2.78. The number of sulfonamides is 1. The summed E-state index contributed by atoms with van der Waals surface area (Å²) in [6.45, 7) is -0.114. The summed E-state index contributed by atoms with van der Waals surface area (Å²) >= 11 is 3.02. The van der Waals surface area contributed by atoms with Gasteiger partial charge in [-0.1, -0.05) is 11.3 Å². The molecule has 0 amide bonds. The maximum Gasteiger partial charge on any atom is 0.263 e. The SMILES string of the molecule is CN(Cc1ccc(F)c(F)c1)S(=O)(=O)c1c(Br)nnn1C. The number of nitrogens with zero attached hydrogens (tertiary/aromatic N) is 4. The first kappa shape index (κ1) is 16.0. The third kappa shape index (κ3) is 3.11. The molecule has 0 aliphatic heterocycles. The smallest absolute Gasteiger partial charge is 0.235 e. The van der Waals surface area contributed by atoms with Crippen LogP contribution in [0.1, 0.15) is 5.56 Å². The molecule has 0 aliphatic carbocycles. The quantitative estimate of drug-likeness (QED) is 0.808. The Labute approximate surface area is 128 Å². The van der Waals surface area contributed by atoms with E-state index in [0.29, 0.717) is 5.56 Å². The van der Waals surface area contributed by atoms with Gasteiger partial charge in [0.1, 0.15) is 0 Å². The highest BCUT2D eigenvalue weighted by Gasteiger charge is 2.28. The zero-order chi connectivity index (χ0) is 15.8. The standard InChI is InChI=1S/C11H11BrF2N4O2S/c1-17(6-7-3-4-8(13)9(14)5-7)21(19,20)11-10(12)15-16-18(11)2/h3-5H,6H2,1-2H3. The number of hydrogen-bond acceptors (Lipinski definition) is 4. The first-order chi connectivity index (χ1) is 9.73. The molecule has 114 valence electrons. The molecule has 0 fully saturated rings. The van der Waals surface area contributed by atoms with Gasteiger partial charge in [-0.05, 0) is 33.6 Å². The van der Waals surface area contributed by atoms with Gasteiger partial charge in [0, 0.05) is 20.6 Å². The molecule has 0 unspecified atom stereocenters. The van der Waals surface area contributed by atoms with Crippen LogP contribution in [0.3, 0.4) is 0 Å². The number of hydrogen-bond donors (Lipinski definition) is 0. The summed E-state index contributed by atoms with van der Waals surface area (Å²) in [5, 5.41) is 7.10. The van der Waals surface area contributed by atoms with Gasteiger partial charge in [-0.2, -0.15) is 4.31 Å². The fraction of sp³-hybridized carbons (Fsp3) is 0.273. The van der Waals surface area contributed by atoms with Crippen LogP contribution in [-0.2, 0) is 23.6 Å². The molecule has 0 saturated heterocycles. The van der Waals surface area contributed by atoms with Crippen molar-refractivity contribution < 1.29 is 17.2 Å². The molecule has 2 rings (SSSR count). The van der Waals surface area contributed by atoms with Gasteiger partial charge < -0.3 is 0 Å². The van der Waals surface area contributed by atoms with Crippen LogP contribution in [0.5, 0.6) is 0 Å². The van der Waals surface area contributed by atoms with Crippen molar-refractivity contribution in [3.63, 3.8) is 0 Å². The van der Waals surface area contributed by atoms with Gasteiger partial charge in [0.2, 0.25) is 5.03 Å². The van der Waals surface area contributed by atoms with E-state index >= 15 is 0 Å². The fourth-order valence-corrected chi connectivity index (χ4v) is 3.90. The van der Waals surface area contributed by atoms with Crippen molar-refractivity contribution in [2.45, 2.75) is 11.6 Å². The van der Waals surface area contributed by atoms with Crippen LogP contribution in [0, 0.1) is 11.6 Å². The Kier molecular flexibility index (Phi) is 4.40. The van der Waals surface area contributed by atoms with E-state index in [-0.39, 0.29) is 16.2 Å². The van der Waals surface area contributed by atoms with Crippen molar-refractivity contribution in [2.75, 3.05) is 7.05 Å². The summed E-state index contributed by atoms with van der Waals surface area (Å²) in [6, 6.07) is 3.23. The largest absolute Gasteiger partial charge is 0.263 e. The van der Waals surface area contributed by atoms with Gasteiger partial charge in [-0.3, -0.25) is 0 Å². The second-order valence-electron chi connectivity index (χ2n) is 4.32. The second-order valence-corrected chi connectivity index (χ2v) is 7.03. The molecule has 0 bridgehead atoms. The first-order valence-electron chi connectivity index (χ1n) is 5.69. The van der Waals surface area contributed by atoms with Crippen LogP contribution >= 0.6 is 15.9 Å². The van der Waals surface area contributed by atoms with E-state index in [1.54, 1.807) is 0 Å². The normalized spacial score (nSPS) is 12.1. The number of aromatic nitrogens is 3. The molecule has 10 heteroatoms. The van der Waals surface area contributed by atoms with Crippen molar-refractivity contribution in [3.05, 3.63) is 40.0 Å². The molecule has 0 radical (unpaired) electrons. The zero-order valence-corrected chi connectivity index (χ0v) is 13.5. The van der Waals surface area contributed by atoms with Crippen LogP contribution in [-0.4, -0.2) is 34.8 Å². The summed E-state index contributed by atoms with van der Waals surface area (Å²) in [5.41, 5.74) is 0.325. The topological polar surface area (TPSA) is 68.1 Å². The molecule has 0 spiro atoms. The molecule has 6 nitrogen and oxygen atoms in total. The van der Waals surface area contributed by atoms with Gasteiger partial charge >= 0.3 is 0 Å². The predicted octanol–water partition coefficient (Wildman–Crippen LogP) is 1.68. The Balaban J connectivity index is 2.31. The first-order valence-corrected chi connectivity index (χ1v) is 7.92. The summed E-state index contributed by atoms with van der Waals surface area (Å²) < 4.78 is 53.1. The van der Waals surface area contributed by atoms with E-state index < -0.39 is 21.7 Å². The van der Waals surface area contributed by atoms with Gasteiger partial charge in [-0.25, -0.2) is 21.9 Å². The van der Waals surface area contributed by atoms with Gasteiger partial charge in [0.25, 0.3) is 10.0 Å². The third-order valence-corrected chi connectivity index (χ3v) is 5.47. The molecule has 21 heavy (non-hydrogen) atoms. The lowest BCUT2D eigenvalue weighted by molar-refractivity contribution is 0.453. The Morgan fingerprint density at radius 1 is 1.33 bits per heavy atom. The fourth-order valence-electron chi connectivity index (χ4n) is 1.72. The molecular weight excluding hydrogens is 370 g/mol. The lowest BCUT2D eigenvalue weighted by Gasteiger charge is -2.17. The molecule has 1 aromatic carbocycles. The Morgan fingerprint density at radius 2 is 2.00 bits per heavy atom. The highest BCUT2D eigenvalue weighted by molar-refractivity contribution is 9.10. The van der Waals surface area contributed by atoms with E-state index in [9.17, 15) is 17.2 Å². The van der Waals surface area contributed by atoms with Crippen molar-refractivity contribution in [3.8, 4) is 0 Å². The second kappa shape index (κ2) is 5.78. The molecule has 1 heterocycles. The van der Waals surface area contributed by atoms with Crippen LogP contribution < -0.4 is 0 Å². The average molecular weight is 381 g/mol. The molecule has 0 saturated carbocycles. The molecule has 1 aromatic heterocycles. The summed E-state index contributed by atoms with van der Waals surface area (Å²) in [6.07, 6.45) is 0. The van der Waals surface area contributed by atoms with Crippen molar-refractivity contribution in [1.29, 1.82) is 0 Å². The van der Waals surface area contributed by atoms with E-state index in [1.807, 2.05) is 0 Å². The van der Waals surface area contributed by atoms with Gasteiger partial charge in [0.15, 0.2) is 16.2 Å². The van der Waals surface area contributed by atoms with E-state index in [2.05, 4.69) is 26.2 Å². The number of benzene rings is 1. The average Bonchev–Trinajstić information content (AvgIpc) is 2.74. The van der Waals surface area contributed by atoms with E-state index in [0.717, 1.165) is 21.1 Å². The highest BCUT2D eigenvalue weighted by atomic mass is 79.9. The predicted molar refractivity (Wildman–Crippen MR) is 73.7 cm³/mol. The molecule has 0 aliphatic rings. The van der Waals surface area contributed by atoms with E-state index in [4.69, 9.17) is 0 Å². The Hall–Kier alpha value is -1.39. The molecular formula is C11H11BrF2N4O2S. The lowest BCUT2D eigenvalue weighted by atomic mass is 10.2. The lowest BCUT2D eigenvalue weighted by Crippen LogP contribution is -2.28. The van der Waals surface area contributed by atoms with Crippen LogP contribution in [0.25, 0.3) is 0 Å². The van der Waals surface area contributed by atoms with Crippen LogP contribution in [0.15, 0.2) is 27.8 Å². The molecule has 0 atom stereocenters. The van der Waals surface area contributed by atoms with Crippen molar-refractivity contribution in [1.82, 2.24) is 19.3 Å². The van der Waals surface area contributed by atoms with Crippen LogP contribution in [0.4, 0.5) is 8.78 Å². The Morgan fingerprint density at radius 3 is 2.52 bits per heavy atom. The number of aryl methyl sites for hydroxylation is 1. The number of halogens is 3. The minimum atomic E-state index is -3.87. The monoisotopic (exact) mass is 380 g/mol. The van der Waals surface area contributed by atoms with Crippen LogP contribution in [0.2, 0.25) is 0 Å². The maximum atomic E-state index is 13.2. The minimum absolute atomic E-state index is 0.0853. The van der Waals surface area contributed by atoms with Gasteiger partial charge in [0.05, 0.1) is 0 Å². The van der Waals surface area contributed by atoms with Gasteiger partial charge in [-0.15, -0.1) is 5.10 Å². The highest BCUT2D eigenvalue weighted by Crippen LogP contribution is 2.22. The molecule has 0 N–H and O–H groups in total. The summed E-state index contributed by atoms with van der Waals surface area (Å²) in [4.78, 5) is 0. The number of rotatable bonds is 4. The molecule has 2 aromatic rings. The Bertz CT molecular complexity index is 759. The maximum absolute atomic E-state index is 13.2. The minimum Gasteiger partial charge on any atom is -0.235 e. The van der Waals surface area contributed by atoms with Crippen molar-refractivity contribution >= 4 is 26.0 Å². The van der Waals surface area contributed by atoms with E-state index in [1.165, 1.54) is 20.2 Å². The summed E-state index contributed by atoms with van der Waals surface area (Å²) in [5.74, 6) is -2.01. The summed E-state index contributed by atoms with van der Waals surface area (Å²) in [7, 11) is -1.10.